The molecule has 0 radical (unpaired) electrons. The van der Waals surface area contributed by atoms with Gasteiger partial charge in [-0.3, -0.25) is 9.69 Å². The molecule has 0 spiro atoms. The summed E-state index contributed by atoms with van der Waals surface area (Å²) in [5, 5.41) is 0. The van der Waals surface area contributed by atoms with Crippen molar-refractivity contribution in [3.63, 3.8) is 0 Å². The van der Waals surface area contributed by atoms with Crippen LogP contribution in [0.1, 0.15) is 18.4 Å². The van der Waals surface area contributed by atoms with E-state index in [1.807, 2.05) is 35.2 Å². The molecule has 2 aliphatic heterocycles. The Morgan fingerprint density at radius 1 is 1.13 bits per heavy atom. The number of ether oxygens (including phenoxy) is 1. The zero-order chi connectivity index (χ0) is 16.1. The summed E-state index contributed by atoms with van der Waals surface area (Å²) in [4.78, 5) is 17.0. The first kappa shape index (κ1) is 16.4. The molecular weight excluding hydrogens is 290 g/mol. The highest BCUT2D eigenvalue weighted by atomic mass is 16.5. The number of benzene rings is 1. The molecule has 5 nitrogen and oxygen atoms in total. The van der Waals surface area contributed by atoms with Gasteiger partial charge >= 0.3 is 0 Å². The second kappa shape index (κ2) is 7.90. The minimum absolute atomic E-state index is 0.0838. The molecule has 1 aromatic rings. The average molecular weight is 317 g/mol. The molecule has 2 N–H and O–H groups in total. The van der Waals surface area contributed by atoms with Crippen LogP contribution in [0.3, 0.4) is 0 Å². The van der Waals surface area contributed by atoms with Gasteiger partial charge in [0, 0.05) is 45.4 Å². The molecule has 0 bridgehead atoms. The monoisotopic (exact) mass is 317 g/mol. The molecule has 1 aromatic carbocycles. The van der Waals surface area contributed by atoms with Gasteiger partial charge in [0.25, 0.3) is 0 Å². The molecule has 23 heavy (non-hydrogen) atoms. The van der Waals surface area contributed by atoms with E-state index in [0.717, 1.165) is 57.8 Å². The van der Waals surface area contributed by atoms with E-state index in [4.69, 9.17) is 10.5 Å². The summed E-state index contributed by atoms with van der Waals surface area (Å²) < 4.78 is 5.43. The van der Waals surface area contributed by atoms with Gasteiger partial charge in [-0.2, -0.15) is 0 Å². The van der Waals surface area contributed by atoms with Gasteiger partial charge < -0.3 is 15.4 Å². The summed E-state index contributed by atoms with van der Waals surface area (Å²) >= 11 is 0. The second-order valence-corrected chi connectivity index (χ2v) is 6.50. The number of rotatable bonds is 4. The van der Waals surface area contributed by atoms with Crippen molar-refractivity contribution >= 4 is 5.91 Å². The third kappa shape index (κ3) is 4.31. The van der Waals surface area contributed by atoms with E-state index < -0.39 is 6.04 Å². The Balaban J connectivity index is 1.47. The quantitative estimate of drug-likeness (QED) is 0.896. The van der Waals surface area contributed by atoms with Gasteiger partial charge in [-0.25, -0.2) is 0 Å². The predicted octanol–water partition coefficient (Wildman–Crippen LogP) is 0.880. The summed E-state index contributed by atoms with van der Waals surface area (Å²) in [7, 11) is 0. The van der Waals surface area contributed by atoms with Crippen LogP contribution in [0.4, 0.5) is 0 Å². The Kier molecular flexibility index (Phi) is 5.65. The minimum Gasteiger partial charge on any atom is -0.381 e. The van der Waals surface area contributed by atoms with E-state index in [1.165, 1.54) is 0 Å². The molecule has 1 amide bonds. The molecule has 0 aromatic heterocycles. The summed E-state index contributed by atoms with van der Waals surface area (Å²) in [6.45, 7) is 5.22. The molecule has 2 heterocycles. The molecule has 2 saturated heterocycles. The maximum absolute atomic E-state index is 12.5. The number of carbonyl (C=O) groups is 1. The molecule has 1 unspecified atom stereocenters. The SMILES string of the molecule is NC(Cc1ccccc1)C(=O)N1CCN(C2CCOCC2)CC1. The van der Waals surface area contributed by atoms with E-state index in [-0.39, 0.29) is 5.91 Å². The van der Waals surface area contributed by atoms with Crippen LogP contribution in [-0.4, -0.2) is 67.2 Å². The number of piperazine rings is 1. The van der Waals surface area contributed by atoms with Crippen LogP contribution in [0.5, 0.6) is 0 Å². The largest absolute Gasteiger partial charge is 0.381 e. The summed E-state index contributed by atoms with van der Waals surface area (Å²) in [6.07, 6.45) is 2.84. The fraction of sp³-hybridized carbons (Fsp3) is 0.611. The van der Waals surface area contributed by atoms with E-state index in [9.17, 15) is 4.79 Å². The topological polar surface area (TPSA) is 58.8 Å². The minimum atomic E-state index is -0.438. The highest BCUT2D eigenvalue weighted by molar-refractivity contribution is 5.82. The van der Waals surface area contributed by atoms with Crippen molar-refractivity contribution in [3.05, 3.63) is 35.9 Å². The summed E-state index contributed by atoms with van der Waals surface area (Å²) in [5.74, 6) is 0.0838. The molecule has 5 heteroatoms. The van der Waals surface area contributed by atoms with Crippen LogP contribution in [0, 0.1) is 0 Å². The van der Waals surface area contributed by atoms with Crippen molar-refractivity contribution in [2.75, 3.05) is 39.4 Å². The Bertz CT molecular complexity index is 494. The van der Waals surface area contributed by atoms with E-state index >= 15 is 0 Å². The molecule has 2 aliphatic rings. The van der Waals surface area contributed by atoms with Gasteiger partial charge in [0.05, 0.1) is 6.04 Å². The fourth-order valence-electron chi connectivity index (χ4n) is 3.55. The van der Waals surface area contributed by atoms with E-state index in [2.05, 4.69) is 4.90 Å². The number of amides is 1. The number of hydrogen-bond donors (Lipinski definition) is 1. The van der Waals surface area contributed by atoms with Gasteiger partial charge in [0.1, 0.15) is 0 Å². The molecule has 0 saturated carbocycles. The third-order valence-corrected chi connectivity index (χ3v) is 4.95. The first-order chi connectivity index (χ1) is 11.2. The van der Waals surface area contributed by atoms with Crippen molar-refractivity contribution in [1.29, 1.82) is 0 Å². The normalized spacial score (nSPS) is 22.0. The molecule has 0 aliphatic carbocycles. The van der Waals surface area contributed by atoms with Crippen LogP contribution < -0.4 is 5.73 Å². The molecule has 3 rings (SSSR count). The lowest BCUT2D eigenvalue weighted by Crippen LogP contribution is -2.56. The highest BCUT2D eigenvalue weighted by Gasteiger charge is 2.29. The maximum Gasteiger partial charge on any atom is 0.239 e. The van der Waals surface area contributed by atoms with Crippen LogP contribution in [0.2, 0.25) is 0 Å². The lowest BCUT2D eigenvalue weighted by molar-refractivity contribution is -0.135. The van der Waals surface area contributed by atoms with Crippen molar-refractivity contribution in [1.82, 2.24) is 9.80 Å². The predicted molar refractivity (Wildman–Crippen MR) is 90.1 cm³/mol. The number of nitrogens with two attached hydrogens (primary N) is 1. The molecule has 126 valence electrons. The summed E-state index contributed by atoms with van der Waals surface area (Å²) in [5.41, 5.74) is 7.26. The van der Waals surface area contributed by atoms with Crippen molar-refractivity contribution in [2.24, 2.45) is 5.73 Å². The van der Waals surface area contributed by atoms with Gasteiger partial charge in [-0.15, -0.1) is 0 Å². The van der Waals surface area contributed by atoms with Crippen LogP contribution in [0.25, 0.3) is 0 Å². The first-order valence-corrected chi connectivity index (χ1v) is 8.64. The zero-order valence-corrected chi connectivity index (χ0v) is 13.7. The van der Waals surface area contributed by atoms with E-state index in [1.54, 1.807) is 0 Å². The Morgan fingerprint density at radius 3 is 2.43 bits per heavy atom. The maximum atomic E-state index is 12.5. The van der Waals surface area contributed by atoms with Crippen molar-refractivity contribution in [2.45, 2.75) is 31.3 Å². The van der Waals surface area contributed by atoms with Crippen molar-refractivity contribution < 1.29 is 9.53 Å². The highest BCUT2D eigenvalue weighted by Crippen LogP contribution is 2.17. The average Bonchev–Trinajstić information content (AvgIpc) is 2.63. The number of carbonyl (C=O) groups excluding carboxylic acids is 1. The van der Waals surface area contributed by atoms with Crippen molar-refractivity contribution in [3.8, 4) is 0 Å². The van der Waals surface area contributed by atoms with Gasteiger partial charge in [0.2, 0.25) is 5.91 Å². The van der Waals surface area contributed by atoms with Crippen LogP contribution in [0.15, 0.2) is 30.3 Å². The third-order valence-electron chi connectivity index (χ3n) is 4.95. The standard InChI is InChI=1S/C18H27N3O2/c19-17(14-15-4-2-1-3-5-15)18(22)21-10-8-20(9-11-21)16-6-12-23-13-7-16/h1-5,16-17H,6-14,19H2. The lowest BCUT2D eigenvalue weighted by atomic mass is 10.0. The molecule has 1 atom stereocenters. The summed E-state index contributed by atoms with van der Waals surface area (Å²) in [6, 6.07) is 10.2. The Morgan fingerprint density at radius 2 is 1.78 bits per heavy atom. The molecular formula is C18H27N3O2. The Labute approximate surface area is 138 Å². The van der Waals surface area contributed by atoms with Gasteiger partial charge in [0.15, 0.2) is 0 Å². The van der Waals surface area contributed by atoms with Crippen LogP contribution >= 0.6 is 0 Å². The Hall–Kier alpha value is -1.43. The fourth-order valence-corrected chi connectivity index (χ4v) is 3.55. The molecule has 2 fully saturated rings. The lowest BCUT2D eigenvalue weighted by Gasteiger charge is -2.41. The van der Waals surface area contributed by atoms with Crippen LogP contribution in [-0.2, 0) is 16.0 Å². The number of hydrogen-bond acceptors (Lipinski definition) is 4. The van der Waals surface area contributed by atoms with E-state index in [0.29, 0.717) is 12.5 Å². The zero-order valence-electron chi connectivity index (χ0n) is 13.7. The number of nitrogens with zero attached hydrogens (tertiary/aromatic N) is 2. The smallest absolute Gasteiger partial charge is 0.239 e. The second-order valence-electron chi connectivity index (χ2n) is 6.50. The first-order valence-electron chi connectivity index (χ1n) is 8.64. The van der Waals surface area contributed by atoms with Gasteiger partial charge in [-0.05, 0) is 24.8 Å². The van der Waals surface area contributed by atoms with Gasteiger partial charge in [-0.1, -0.05) is 30.3 Å².